The molecule has 3 atom stereocenters. The Balaban J connectivity index is 1.94. The van der Waals surface area contributed by atoms with Gasteiger partial charge in [0, 0.05) is 13.2 Å². The van der Waals surface area contributed by atoms with Gasteiger partial charge in [-0.3, -0.25) is 9.59 Å². The molecular formula is C15H24N2O3. The van der Waals surface area contributed by atoms with Gasteiger partial charge >= 0.3 is 0 Å². The van der Waals surface area contributed by atoms with Crippen LogP contribution in [-0.4, -0.2) is 59.0 Å². The number of amides is 2. The lowest BCUT2D eigenvalue weighted by Crippen LogP contribution is -2.70. The number of rotatable bonds is 2. The van der Waals surface area contributed by atoms with Gasteiger partial charge in [-0.25, -0.2) is 0 Å². The summed E-state index contributed by atoms with van der Waals surface area (Å²) in [5.41, 5.74) is -0.309. The first kappa shape index (κ1) is 13.9. The molecule has 0 aromatic carbocycles. The molecule has 0 aromatic rings. The van der Waals surface area contributed by atoms with E-state index in [1.54, 1.807) is 0 Å². The molecule has 2 amide bonds. The number of nitrogens with zero attached hydrogens (tertiary/aromatic N) is 2. The maximum absolute atomic E-state index is 12.9. The summed E-state index contributed by atoms with van der Waals surface area (Å²) in [4.78, 5) is 29.4. The largest absolute Gasteiger partial charge is 0.379 e. The van der Waals surface area contributed by atoms with Gasteiger partial charge in [0.15, 0.2) is 0 Å². The molecular weight excluding hydrogens is 256 g/mol. The maximum atomic E-state index is 12.9. The molecule has 20 heavy (non-hydrogen) atoms. The summed E-state index contributed by atoms with van der Waals surface area (Å²) in [5.74, 6) is 0.286. The fourth-order valence-electron chi connectivity index (χ4n) is 3.91. The average molecular weight is 280 g/mol. The highest BCUT2D eigenvalue weighted by Crippen LogP contribution is 2.35. The molecule has 0 N–H and O–H groups in total. The molecule has 3 unspecified atom stereocenters. The second-order valence-electron chi connectivity index (χ2n) is 6.48. The summed E-state index contributed by atoms with van der Waals surface area (Å²) in [7, 11) is 0. The zero-order valence-corrected chi connectivity index (χ0v) is 12.4. The van der Waals surface area contributed by atoms with Gasteiger partial charge in [-0.15, -0.1) is 0 Å². The molecule has 0 bridgehead atoms. The van der Waals surface area contributed by atoms with Crippen molar-refractivity contribution in [2.45, 2.75) is 63.6 Å². The summed E-state index contributed by atoms with van der Waals surface area (Å²) >= 11 is 0. The van der Waals surface area contributed by atoms with E-state index in [1.165, 1.54) is 0 Å². The SMILES string of the molecule is CCC1C(=O)N2CCCCC2C(=O)N1C1(C)CCOC1. The second kappa shape index (κ2) is 5.02. The quantitative estimate of drug-likeness (QED) is 0.763. The Hall–Kier alpha value is -1.10. The molecule has 5 nitrogen and oxygen atoms in total. The third-order valence-electron chi connectivity index (χ3n) is 5.07. The predicted octanol–water partition coefficient (Wildman–Crippen LogP) is 1.17. The van der Waals surface area contributed by atoms with Crippen molar-refractivity contribution in [1.82, 2.24) is 9.80 Å². The standard InChI is InChI=1S/C15H24N2O3/c1-3-11-13(18)16-8-5-4-6-12(16)14(19)17(11)15(2)7-9-20-10-15/h11-12H,3-10H2,1-2H3. The van der Waals surface area contributed by atoms with E-state index in [0.717, 1.165) is 32.2 Å². The van der Waals surface area contributed by atoms with E-state index >= 15 is 0 Å². The van der Waals surface area contributed by atoms with Gasteiger partial charge in [-0.2, -0.15) is 0 Å². The van der Waals surface area contributed by atoms with Gasteiger partial charge in [0.2, 0.25) is 11.8 Å². The minimum atomic E-state index is -0.309. The fourth-order valence-corrected chi connectivity index (χ4v) is 3.91. The lowest BCUT2D eigenvalue weighted by atomic mass is 9.88. The van der Waals surface area contributed by atoms with Gasteiger partial charge < -0.3 is 14.5 Å². The summed E-state index contributed by atoms with van der Waals surface area (Å²) < 4.78 is 5.51. The van der Waals surface area contributed by atoms with Crippen LogP contribution in [0.3, 0.4) is 0 Å². The molecule has 0 aromatic heterocycles. The van der Waals surface area contributed by atoms with Crippen LogP contribution in [0, 0.1) is 0 Å². The Morgan fingerprint density at radius 1 is 1.30 bits per heavy atom. The van der Waals surface area contributed by atoms with Crippen LogP contribution < -0.4 is 0 Å². The van der Waals surface area contributed by atoms with Crippen LogP contribution in [0.15, 0.2) is 0 Å². The van der Waals surface area contributed by atoms with Gasteiger partial charge in [0.1, 0.15) is 12.1 Å². The van der Waals surface area contributed by atoms with E-state index in [2.05, 4.69) is 6.92 Å². The Morgan fingerprint density at radius 2 is 2.10 bits per heavy atom. The minimum Gasteiger partial charge on any atom is -0.379 e. The van der Waals surface area contributed by atoms with Crippen LogP contribution in [0.25, 0.3) is 0 Å². The minimum absolute atomic E-state index is 0.143. The van der Waals surface area contributed by atoms with E-state index in [1.807, 2.05) is 16.7 Å². The van der Waals surface area contributed by atoms with Crippen LogP contribution in [0.4, 0.5) is 0 Å². The van der Waals surface area contributed by atoms with E-state index in [9.17, 15) is 9.59 Å². The highest BCUT2D eigenvalue weighted by molar-refractivity contribution is 5.97. The molecule has 3 aliphatic rings. The van der Waals surface area contributed by atoms with Gasteiger partial charge in [0.05, 0.1) is 12.1 Å². The van der Waals surface area contributed by atoms with E-state index in [-0.39, 0.29) is 29.4 Å². The highest BCUT2D eigenvalue weighted by Gasteiger charge is 2.52. The Kier molecular flexibility index (Phi) is 3.48. The first-order valence-electron chi connectivity index (χ1n) is 7.80. The summed E-state index contributed by atoms with van der Waals surface area (Å²) in [6, 6.07) is -0.528. The molecule has 3 aliphatic heterocycles. The smallest absolute Gasteiger partial charge is 0.246 e. The summed E-state index contributed by atoms with van der Waals surface area (Å²) in [6.45, 7) is 6.03. The lowest BCUT2D eigenvalue weighted by molar-refractivity contribution is -0.171. The number of piperidine rings is 1. The zero-order valence-electron chi connectivity index (χ0n) is 12.4. The van der Waals surface area contributed by atoms with Crippen molar-refractivity contribution < 1.29 is 14.3 Å². The molecule has 3 saturated heterocycles. The number of carbonyl (C=O) groups excluding carboxylic acids is 2. The van der Waals surface area contributed by atoms with Gasteiger partial charge in [-0.1, -0.05) is 6.92 Å². The van der Waals surface area contributed by atoms with Crippen molar-refractivity contribution in [3.63, 3.8) is 0 Å². The second-order valence-corrected chi connectivity index (χ2v) is 6.48. The molecule has 112 valence electrons. The lowest BCUT2D eigenvalue weighted by Gasteiger charge is -2.52. The molecule has 0 radical (unpaired) electrons. The van der Waals surface area contributed by atoms with Crippen LogP contribution in [-0.2, 0) is 14.3 Å². The predicted molar refractivity (Wildman–Crippen MR) is 74.1 cm³/mol. The van der Waals surface area contributed by atoms with Crippen LogP contribution in [0.5, 0.6) is 0 Å². The molecule has 3 rings (SSSR count). The van der Waals surface area contributed by atoms with E-state index in [0.29, 0.717) is 19.6 Å². The number of carbonyl (C=O) groups is 2. The maximum Gasteiger partial charge on any atom is 0.246 e. The zero-order chi connectivity index (χ0) is 14.3. The molecule has 3 heterocycles. The first-order valence-corrected chi connectivity index (χ1v) is 7.80. The van der Waals surface area contributed by atoms with Crippen LogP contribution in [0.2, 0.25) is 0 Å². The normalized spacial score (nSPS) is 38.3. The Bertz CT molecular complexity index is 417. The summed E-state index contributed by atoms with van der Waals surface area (Å²) in [6.07, 6.45) is 4.39. The van der Waals surface area contributed by atoms with Crippen molar-refractivity contribution in [1.29, 1.82) is 0 Å². The molecule has 5 heteroatoms. The van der Waals surface area contributed by atoms with Crippen molar-refractivity contribution in [2.75, 3.05) is 19.8 Å². The van der Waals surface area contributed by atoms with Crippen LogP contribution >= 0.6 is 0 Å². The van der Waals surface area contributed by atoms with Crippen molar-refractivity contribution >= 4 is 11.8 Å². The van der Waals surface area contributed by atoms with Gasteiger partial charge in [0.25, 0.3) is 0 Å². The number of hydrogen-bond acceptors (Lipinski definition) is 3. The Morgan fingerprint density at radius 3 is 2.75 bits per heavy atom. The van der Waals surface area contributed by atoms with E-state index < -0.39 is 0 Å². The monoisotopic (exact) mass is 280 g/mol. The van der Waals surface area contributed by atoms with Gasteiger partial charge in [-0.05, 0) is 39.0 Å². The summed E-state index contributed by atoms with van der Waals surface area (Å²) in [5, 5.41) is 0. The third kappa shape index (κ3) is 1.94. The average Bonchev–Trinajstić information content (AvgIpc) is 2.90. The topological polar surface area (TPSA) is 49.9 Å². The number of ether oxygens (including phenoxy) is 1. The van der Waals surface area contributed by atoms with Crippen molar-refractivity contribution in [3.8, 4) is 0 Å². The third-order valence-corrected chi connectivity index (χ3v) is 5.07. The highest BCUT2D eigenvalue weighted by atomic mass is 16.5. The fraction of sp³-hybridized carbons (Fsp3) is 0.867. The number of hydrogen-bond donors (Lipinski definition) is 0. The molecule has 0 aliphatic carbocycles. The molecule has 0 spiro atoms. The first-order chi connectivity index (χ1) is 9.58. The van der Waals surface area contributed by atoms with Crippen molar-refractivity contribution in [2.24, 2.45) is 0 Å². The van der Waals surface area contributed by atoms with Crippen molar-refractivity contribution in [3.05, 3.63) is 0 Å². The molecule has 3 fully saturated rings. The molecule has 0 saturated carbocycles. The van der Waals surface area contributed by atoms with Crippen LogP contribution in [0.1, 0.15) is 46.0 Å². The Labute approximate surface area is 120 Å². The number of fused-ring (bicyclic) bond motifs is 1. The number of piperazine rings is 1. The van der Waals surface area contributed by atoms with E-state index in [4.69, 9.17) is 4.74 Å².